The summed E-state index contributed by atoms with van der Waals surface area (Å²) >= 11 is 12.5. The SMILES string of the molecule is O=C(NC(=S)Nc1nc(-c2ccc(Cl)cc2)cs1)c1ccc(N2CCCC2)c([N+](=O)[O-])c1. The Morgan fingerprint density at radius 2 is 1.91 bits per heavy atom. The highest BCUT2D eigenvalue weighted by molar-refractivity contribution is 7.80. The molecule has 0 bridgehead atoms. The lowest BCUT2D eigenvalue weighted by Crippen LogP contribution is -2.34. The van der Waals surface area contributed by atoms with Crippen molar-refractivity contribution in [3.05, 3.63) is 68.5 Å². The van der Waals surface area contributed by atoms with E-state index in [1.165, 1.54) is 17.4 Å². The van der Waals surface area contributed by atoms with Crippen molar-refractivity contribution in [1.82, 2.24) is 10.3 Å². The van der Waals surface area contributed by atoms with Crippen LogP contribution in [0.1, 0.15) is 23.2 Å². The lowest BCUT2D eigenvalue weighted by molar-refractivity contribution is -0.384. The average Bonchev–Trinajstić information content (AvgIpc) is 3.46. The molecule has 164 valence electrons. The number of nitro groups is 1. The van der Waals surface area contributed by atoms with Crippen molar-refractivity contribution in [2.75, 3.05) is 23.3 Å². The number of nitro benzene ring substituents is 1. The largest absolute Gasteiger partial charge is 0.366 e. The van der Waals surface area contributed by atoms with Crippen LogP contribution in [0.3, 0.4) is 0 Å². The quantitative estimate of drug-likeness (QED) is 0.293. The van der Waals surface area contributed by atoms with E-state index in [0.29, 0.717) is 15.8 Å². The Labute approximate surface area is 198 Å². The minimum absolute atomic E-state index is 0.0540. The normalized spacial score (nSPS) is 13.1. The third kappa shape index (κ3) is 5.04. The molecular weight excluding hydrogens is 470 g/mol. The number of nitrogens with one attached hydrogen (secondary N) is 2. The van der Waals surface area contributed by atoms with E-state index in [9.17, 15) is 14.9 Å². The number of rotatable bonds is 5. The first-order valence-electron chi connectivity index (χ1n) is 9.78. The van der Waals surface area contributed by atoms with Gasteiger partial charge in [0.15, 0.2) is 10.2 Å². The van der Waals surface area contributed by atoms with E-state index in [2.05, 4.69) is 15.6 Å². The molecule has 2 N–H and O–H groups in total. The monoisotopic (exact) mass is 487 g/mol. The van der Waals surface area contributed by atoms with Crippen LogP contribution in [0.15, 0.2) is 47.8 Å². The Morgan fingerprint density at radius 1 is 1.19 bits per heavy atom. The van der Waals surface area contributed by atoms with Gasteiger partial charge in [-0.25, -0.2) is 4.98 Å². The number of aromatic nitrogens is 1. The Kier molecular flexibility index (Phi) is 6.63. The summed E-state index contributed by atoms with van der Waals surface area (Å²) in [5.74, 6) is -0.534. The van der Waals surface area contributed by atoms with Gasteiger partial charge in [-0.1, -0.05) is 23.7 Å². The van der Waals surface area contributed by atoms with Gasteiger partial charge in [0.05, 0.1) is 10.6 Å². The Bertz CT molecular complexity index is 1180. The molecule has 0 aliphatic carbocycles. The molecule has 2 aromatic carbocycles. The van der Waals surface area contributed by atoms with Gasteiger partial charge in [-0.05, 0) is 49.3 Å². The first-order valence-corrected chi connectivity index (χ1v) is 11.4. The van der Waals surface area contributed by atoms with Gasteiger partial charge in [0, 0.05) is 40.7 Å². The average molecular weight is 488 g/mol. The third-order valence-corrected chi connectivity index (χ3v) is 6.19. The highest BCUT2D eigenvalue weighted by Crippen LogP contribution is 2.31. The second-order valence-corrected chi connectivity index (χ2v) is 8.81. The summed E-state index contributed by atoms with van der Waals surface area (Å²) in [4.78, 5) is 30.1. The number of amides is 1. The maximum atomic E-state index is 12.6. The molecule has 0 unspecified atom stereocenters. The number of carbonyl (C=O) groups is 1. The van der Waals surface area contributed by atoms with Gasteiger partial charge >= 0.3 is 0 Å². The highest BCUT2D eigenvalue weighted by Gasteiger charge is 2.24. The van der Waals surface area contributed by atoms with Gasteiger partial charge < -0.3 is 10.2 Å². The van der Waals surface area contributed by atoms with Crippen LogP contribution in [-0.2, 0) is 0 Å². The molecule has 1 aliphatic heterocycles. The molecule has 1 fully saturated rings. The number of thiazole rings is 1. The van der Waals surface area contributed by atoms with E-state index in [1.54, 1.807) is 24.3 Å². The Morgan fingerprint density at radius 3 is 2.59 bits per heavy atom. The van der Waals surface area contributed by atoms with Gasteiger partial charge in [0.25, 0.3) is 11.6 Å². The zero-order valence-corrected chi connectivity index (χ0v) is 19.1. The van der Waals surface area contributed by atoms with Gasteiger partial charge in [-0.15, -0.1) is 11.3 Å². The summed E-state index contributed by atoms with van der Waals surface area (Å²) in [5, 5.41) is 20.0. The summed E-state index contributed by atoms with van der Waals surface area (Å²) in [5.41, 5.74) is 2.24. The molecule has 2 heterocycles. The minimum Gasteiger partial charge on any atom is -0.366 e. The Balaban J connectivity index is 1.42. The maximum absolute atomic E-state index is 12.6. The lowest BCUT2D eigenvalue weighted by atomic mass is 10.1. The second-order valence-electron chi connectivity index (χ2n) is 7.11. The molecule has 1 aromatic heterocycles. The van der Waals surface area contributed by atoms with Crippen molar-refractivity contribution in [1.29, 1.82) is 0 Å². The van der Waals surface area contributed by atoms with Crippen LogP contribution in [0.25, 0.3) is 11.3 Å². The number of hydrogen-bond donors (Lipinski definition) is 2. The molecule has 3 aromatic rings. The van der Waals surface area contributed by atoms with Crippen molar-refractivity contribution in [2.24, 2.45) is 0 Å². The van der Waals surface area contributed by atoms with E-state index >= 15 is 0 Å². The fourth-order valence-corrected chi connectivity index (χ4v) is 4.53. The summed E-state index contributed by atoms with van der Waals surface area (Å²) < 4.78 is 0. The topological polar surface area (TPSA) is 100 Å². The van der Waals surface area contributed by atoms with E-state index in [1.807, 2.05) is 22.4 Å². The molecule has 1 saturated heterocycles. The highest BCUT2D eigenvalue weighted by atomic mass is 35.5. The first-order chi connectivity index (χ1) is 15.4. The van der Waals surface area contributed by atoms with Crippen LogP contribution in [0.4, 0.5) is 16.5 Å². The van der Waals surface area contributed by atoms with Gasteiger partial charge in [0.2, 0.25) is 0 Å². The molecule has 1 aliphatic rings. The standard InChI is InChI=1S/C21H18ClN5O3S2/c22-15-6-3-13(4-7-15)16-12-32-21(23-16)25-20(31)24-19(28)14-5-8-17(18(11-14)27(29)30)26-9-1-2-10-26/h3-8,11-12H,1-2,9-10H2,(H2,23,24,25,28,31). The van der Waals surface area contributed by atoms with Crippen molar-refractivity contribution < 1.29 is 9.72 Å². The van der Waals surface area contributed by atoms with Gasteiger partial charge in [-0.3, -0.25) is 20.2 Å². The maximum Gasteiger partial charge on any atom is 0.293 e. The predicted octanol–water partition coefficient (Wildman–Crippen LogP) is 5.10. The van der Waals surface area contributed by atoms with Crippen LogP contribution in [0.2, 0.25) is 5.02 Å². The Hall–Kier alpha value is -3.08. The molecule has 0 radical (unpaired) electrons. The summed E-state index contributed by atoms with van der Waals surface area (Å²) in [6.45, 7) is 1.54. The predicted molar refractivity (Wildman–Crippen MR) is 131 cm³/mol. The third-order valence-electron chi connectivity index (χ3n) is 4.97. The van der Waals surface area contributed by atoms with Crippen molar-refractivity contribution in [3.63, 3.8) is 0 Å². The minimum atomic E-state index is -0.534. The van der Waals surface area contributed by atoms with Crippen LogP contribution >= 0.6 is 35.2 Å². The summed E-state index contributed by atoms with van der Waals surface area (Å²) in [6, 6.07) is 11.8. The van der Waals surface area contributed by atoms with E-state index < -0.39 is 10.8 Å². The molecule has 11 heteroatoms. The van der Waals surface area contributed by atoms with Crippen LogP contribution in [-0.4, -0.2) is 34.0 Å². The molecule has 32 heavy (non-hydrogen) atoms. The fourth-order valence-electron chi connectivity index (χ4n) is 3.42. The van der Waals surface area contributed by atoms with E-state index in [0.717, 1.165) is 37.2 Å². The molecule has 0 spiro atoms. The van der Waals surface area contributed by atoms with Crippen LogP contribution < -0.4 is 15.5 Å². The smallest absolute Gasteiger partial charge is 0.293 e. The number of halogens is 1. The molecule has 1 amide bonds. The summed E-state index contributed by atoms with van der Waals surface area (Å²) in [6.07, 6.45) is 1.99. The molecule has 4 rings (SSSR count). The number of carbonyl (C=O) groups excluding carboxylic acids is 1. The number of thiocarbonyl (C=S) groups is 1. The van der Waals surface area contributed by atoms with Crippen LogP contribution in [0.5, 0.6) is 0 Å². The molecule has 8 nitrogen and oxygen atoms in total. The van der Waals surface area contributed by atoms with Crippen molar-refractivity contribution in [3.8, 4) is 11.3 Å². The molecule has 0 atom stereocenters. The number of hydrogen-bond acceptors (Lipinski definition) is 7. The number of benzene rings is 2. The van der Waals surface area contributed by atoms with Gasteiger partial charge in [-0.2, -0.15) is 0 Å². The summed E-state index contributed by atoms with van der Waals surface area (Å²) in [7, 11) is 0. The second kappa shape index (κ2) is 9.60. The molecular formula is C21H18ClN5O3S2. The fraction of sp³-hybridized carbons (Fsp3) is 0.190. The number of anilines is 2. The zero-order valence-electron chi connectivity index (χ0n) is 16.7. The zero-order chi connectivity index (χ0) is 22.7. The number of nitrogens with zero attached hydrogens (tertiary/aromatic N) is 3. The van der Waals surface area contributed by atoms with E-state index in [-0.39, 0.29) is 16.4 Å². The van der Waals surface area contributed by atoms with Crippen LogP contribution in [0, 0.1) is 10.1 Å². The molecule has 0 saturated carbocycles. The van der Waals surface area contributed by atoms with Crippen molar-refractivity contribution in [2.45, 2.75) is 12.8 Å². The lowest BCUT2D eigenvalue weighted by Gasteiger charge is -2.17. The van der Waals surface area contributed by atoms with E-state index in [4.69, 9.17) is 23.8 Å². The first kappa shape index (κ1) is 22.1. The van der Waals surface area contributed by atoms with Gasteiger partial charge in [0.1, 0.15) is 5.69 Å². The van der Waals surface area contributed by atoms with Crippen molar-refractivity contribution >= 4 is 62.7 Å².